The quantitative estimate of drug-likeness (QED) is 0.451. The Morgan fingerprint density at radius 1 is 0.962 bits per heavy atom. The molecule has 0 aromatic heterocycles. The van der Waals surface area contributed by atoms with E-state index in [9.17, 15) is 9.59 Å². The highest BCUT2D eigenvalue weighted by molar-refractivity contribution is 6.16. The molecule has 0 spiro atoms. The Hall–Kier alpha value is -1.94. The topological polar surface area (TPSA) is 49.4 Å². The first kappa shape index (κ1) is 20.4. The number of amides is 2. The Labute approximate surface area is 157 Å². The molecule has 0 fully saturated rings. The highest BCUT2D eigenvalue weighted by Crippen LogP contribution is 2.22. The number of unbranched alkanes of at least 4 members (excludes halogenated alkanes) is 6. The standard InChI is InChI=1S/C22H32N2O2/c1-3-4-5-6-7-8-12-15-20(19-16-21(25)23-22(19)26)24(2)17-18-13-10-9-11-14-18/h9-11,13-14,16,20H,3-8,12,15,17H2,1-2H3,(H,23,25,26). The molecule has 26 heavy (non-hydrogen) atoms. The lowest BCUT2D eigenvalue weighted by Crippen LogP contribution is -2.36. The zero-order valence-electron chi connectivity index (χ0n) is 16.2. The van der Waals surface area contributed by atoms with E-state index >= 15 is 0 Å². The van der Waals surface area contributed by atoms with Gasteiger partial charge in [-0.05, 0) is 19.0 Å². The number of rotatable bonds is 12. The summed E-state index contributed by atoms with van der Waals surface area (Å²) in [6.07, 6.45) is 11.1. The lowest BCUT2D eigenvalue weighted by atomic mass is 9.97. The third kappa shape index (κ3) is 6.41. The number of benzene rings is 1. The maximum Gasteiger partial charge on any atom is 0.255 e. The zero-order chi connectivity index (χ0) is 18.8. The summed E-state index contributed by atoms with van der Waals surface area (Å²) < 4.78 is 0. The van der Waals surface area contributed by atoms with Crippen LogP contribution in [0.15, 0.2) is 42.0 Å². The molecule has 1 aliphatic rings. The summed E-state index contributed by atoms with van der Waals surface area (Å²) in [5, 5.41) is 2.39. The van der Waals surface area contributed by atoms with Crippen LogP contribution in [0.2, 0.25) is 0 Å². The monoisotopic (exact) mass is 356 g/mol. The molecule has 1 aliphatic heterocycles. The van der Waals surface area contributed by atoms with Crippen molar-refractivity contribution < 1.29 is 9.59 Å². The summed E-state index contributed by atoms with van der Waals surface area (Å²) in [4.78, 5) is 26.0. The fraction of sp³-hybridized carbons (Fsp3) is 0.545. The van der Waals surface area contributed by atoms with Gasteiger partial charge < -0.3 is 0 Å². The van der Waals surface area contributed by atoms with Crippen LogP contribution in [0.25, 0.3) is 0 Å². The highest BCUT2D eigenvalue weighted by Gasteiger charge is 2.30. The van der Waals surface area contributed by atoms with E-state index in [2.05, 4.69) is 29.3 Å². The van der Waals surface area contributed by atoms with Crippen LogP contribution in [0.3, 0.4) is 0 Å². The van der Waals surface area contributed by atoms with E-state index in [1.807, 2.05) is 25.2 Å². The Morgan fingerprint density at radius 2 is 1.62 bits per heavy atom. The van der Waals surface area contributed by atoms with E-state index in [0.29, 0.717) is 5.57 Å². The summed E-state index contributed by atoms with van der Waals surface area (Å²) in [5.41, 5.74) is 1.82. The number of hydrogen-bond acceptors (Lipinski definition) is 3. The van der Waals surface area contributed by atoms with Gasteiger partial charge in [0, 0.05) is 24.2 Å². The molecule has 2 amide bonds. The van der Waals surface area contributed by atoms with Crippen LogP contribution >= 0.6 is 0 Å². The minimum atomic E-state index is -0.289. The normalized spacial score (nSPS) is 15.3. The van der Waals surface area contributed by atoms with Crippen molar-refractivity contribution >= 4 is 11.8 Å². The molecule has 0 aliphatic carbocycles. The molecule has 0 radical (unpaired) electrons. The average Bonchev–Trinajstić information content (AvgIpc) is 2.96. The van der Waals surface area contributed by atoms with Crippen LogP contribution in [0.4, 0.5) is 0 Å². The molecule has 0 saturated carbocycles. The van der Waals surface area contributed by atoms with Gasteiger partial charge in [-0.2, -0.15) is 0 Å². The molecule has 4 nitrogen and oxygen atoms in total. The second kappa shape index (κ2) is 10.9. The molecule has 0 bridgehead atoms. The molecular weight excluding hydrogens is 324 g/mol. The second-order valence-electron chi connectivity index (χ2n) is 7.24. The predicted molar refractivity (Wildman–Crippen MR) is 106 cm³/mol. The van der Waals surface area contributed by atoms with Crippen molar-refractivity contribution in [2.24, 2.45) is 0 Å². The summed E-state index contributed by atoms with van der Waals surface area (Å²) in [6, 6.07) is 10.2. The van der Waals surface area contributed by atoms with E-state index in [1.54, 1.807) is 0 Å². The molecule has 1 atom stereocenters. The minimum absolute atomic E-state index is 0.0164. The summed E-state index contributed by atoms with van der Waals surface area (Å²) in [6.45, 7) is 3.00. The first-order valence-electron chi connectivity index (χ1n) is 9.93. The summed E-state index contributed by atoms with van der Waals surface area (Å²) >= 11 is 0. The Morgan fingerprint density at radius 3 is 2.23 bits per heavy atom. The Bertz CT molecular complexity index is 610. The SMILES string of the molecule is CCCCCCCCCC(C1=CC(=O)NC1=O)N(C)Cc1ccccc1. The van der Waals surface area contributed by atoms with Crippen LogP contribution in [0, 0.1) is 0 Å². The molecule has 1 aromatic carbocycles. The summed E-state index contributed by atoms with van der Waals surface area (Å²) in [5.74, 6) is -0.523. The summed E-state index contributed by atoms with van der Waals surface area (Å²) in [7, 11) is 2.04. The van der Waals surface area contributed by atoms with Gasteiger partial charge in [0.15, 0.2) is 0 Å². The van der Waals surface area contributed by atoms with E-state index in [0.717, 1.165) is 19.4 Å². The Balaban J connectivity index is 1.92. The Kier molecular flexibility index (Phi) is 8.56. The first-order valence-corrected chi connectivity index (χ1v) is 9.93. The van der Waals surface area contributed by atoms with Crippen molar-refractivity contribution in [2.45, 2.75) is 70.9 Å². The molecule has 1 N–H and O–H groups in total. The second-order valence-corrected chi connectivity index (χ2v) is 7.24. The lowest BCUT2D eigenvalue weighted by Gasteiger charge is -2.28. The van der Waals surface area contributed by atoms with Crippen LogP contribution in [0.1, 0.15) is 63.9 Å². The van der Waals surface area contributed by atoms with Crippen molar-refractivity contribution in [1.29, 1.82) is 0 Å². The van der Waals surface area contributed by atoms with Gasteiger partial charge in [0.25, 0.3) is 11.8 Å². The minimum Gasteiger partial charge on any atom is -0.295 e. The van der Waals surface area contributed by atoms with Crippen molar-refractivity contribution in [3.05, 3.63) is 47.5 Å². The number of carbonyl (C=O) groups is 2. The van der Waals surface area contributed by atoms with Crippen molar-refractivity contribution in [3.63, 3.8) is 0 Å². The molecule has 4 heteroatoms. The van der Waals surface area contributed by atoms with Gasteiger partial charge in [-0.25, -0.2) is 0 Å². The van der Waals surface area contributed by atoms with Gasteiger partial charge in [0.1, 0.15) is 0 Å². The van der Waals surface area contributed by atoms with Crippen LogP contribution in [-0.4, -0.2) is 29.8 Å². The number of nitrogens with one attached hydrogen (secondary N) is 1. The predicted octanol–water partition coefficient (Wildman–Crippen LogP) is 4.21. The average molecular weight is 357 g/mol. The van der Waals surface area contributed by atoms with Gasteiger partial charge in [0.2, 0.25) is 0 Å². The molecule has 1 heterocycles. The van der Waals surface area contributed by atoms with Gasteiger partial charge >= 0.3 is 0 Å². The molecule has 0 saturated heterocycles. The van der Waals surface area contributed by atoms with Gasteiger partial charge in [-0.15, -0.1) is 0 Å². The van der Waals surface area contributed by atoms with E-state index < -0.39 is 0 Å². The van der Waals surface area contributed by atoms with E-state index in [-0.39, 0.29) is 17.9 Å². The fourth-order valence-electron chi connectivity index (χ4n) is 3.56. The smallest absolute Gasteiger partial charge is 0.255 e. The van der Waals surface area contributed by atoms with E-state index in [1.165, 1.54) is 50.2 Å². The third-order valence-corrected chi connectivity index (χ3v) is 5.03. The number of nitrogens with zero attached hydrogens (tertiary/aromatic N) is 1. The maximum atomic E-state index is 12.2. The molecular formula is C22H32N2O2. The van der Waals surface area contributed by atoms with Crippen molar-refractivity contribution in [3.8, 4) is 0 Å². The largest absolute Gasteiger partial charge is 0.295 e. The first-order chi connectivity index (χ1) is 12.6. The van der Waals surface area contributed by atoms with Crippen LogP contribution in [-0.2, 0) is 16.1 Å². The molecule has 1 aromatic rings. The third-order valence-electron chi connectivity index (χ3n) is 5.03. The molecule has 2 rings (SSSR count). The number of imide groups is 1. The van der Waals surface area contributed by atoms with E-state index in [4.69, 9.17) is 0 Å². The number of carbonyl (C=O) groups excluding carboxylic acids is 2. The van der Waals surface area contributed by atoms with Gasteiger partial charge in [-0.3, -0.25) is 19.8 Å². The number of likely N-dealkylation sites (N-methyl/N-ethyl adjacent to an activating group) is 1. The fourth-order valence-corrected chi connectivity index (χ4v) is 3.56. The molecule has 142 valence electrons. The van der Waals surface area contributed by atoms with Crippen molar-refractivity contribution in [1.82, 2.24) is 10.2 Å². The highest BCUT2D eigenvalue weighted by atomic mass is 16.2. The van der Waals surface area contributed by atoms with Gasteiger partial charge in [0.05, 0.1) is 0 Å². The maximum absolute atomic E-state index is 12.2. The lowest BCUT2D eigenvalue weighted by molar-refractivity contribution is -0.124. The molecule has 1 unspecified atom stereocenters. The van der Waals surface area contributed by atoms with Crippen molar-refractivity contribution in [2.75, 3.05) is 7.05 Å². The van der Waals surface area contributed by atoms with Gasteiger partial charge in [-0.1, -0.05) is 82.2 Å². The number of hydrogen-bond donors (Lipinski definition) is 1. The van der Waals surface area contributed by atoms with Crippen LogP contribution < -0.4 is 5.32 Å². The zero-order valence-corrected chi connectivity index (χ0v) is 16.2. The van der Waals surface area contributed by atoms with Crippen LogP contribution in [0.5, 0.6) is 0 Å².